The zero-order valence-corrected chi connectivity index (χ0v) is 15.7. The molecule has 140 valence electrons. The molecule has 6 nitrogen and oxygen atoms in total. The molecular formula is C20H21N3O3S. The van der Waals surface area contributed by atoms with Crippen LogP contribution in [-0.4, -0.2) is 27.1 Å². The average molecular weight is 383 g/mol. The SMILES string of the molecule is COc1ccccc1CCNc1ccc(NS(=O)(=O)c2ccccc2)nc1. The molecule has 0 unspecified atom stereocenters. The highest BCUT2D eigenvalue weighted by Gasteiger charge is 2.13. The van der Waals surface area contributed by atoms with Gasteiger partial charge in [0.1, 0.15) is 11.6 Å². The predicted octanol–water partition coefficient (Wildman–Crippen LogP) is 3.55. The summed E-state index contributed by atoms with van der Waals surface area (Å²) < 4.78 is 32.4. The van der Waals surface area contributed by atoms with Crippen LogP contribution in [0.25, 0.3) is 0 Å². The van der Waals surface area contributed by atoms with Crippen molar-refractivity contribution in [3.8, 4) is 5.75 Å². The van der Waals surface area contributed by atoms with Gasteiger partial charge in [-0.25, -0.2) is 13.4 Å². The van der Waals surface area contributed by atoms with Gasteiger partial charge in [0, 0.05) is 6.54 Å². The summed E-state index contributed by atoms with van der Waals surface area (Å²) in [5.74, 6) is 1.14. The number of nitrogens with zero attached hydrogens (tertiary/aromatic N) is 1. The maximum absolute atomic E-state index is 12.3. The van der Waals surface area contributed by atoms with Gasteiger partial charge in [-0.3, -0.25) is 4.72 Å². The van der Waals surface area contributed by atoms with E-state index in [9.17, 15) is 8.42 Å². The minimum absolute atomic E-state index is 0.200. The summed E-state index contributed by atoms with van der Waals surface area (Å²) in [7, 11) is -1.98. The van der Waals surface area contributed by atoms with E-state index in [0.717, 1.165) is 23.4 Å². The third-order valence-electron chi connectivity index (χ3n) is 3.97. The summed E-state index contributed by atoms with van der Waals surface area (Å²) in [6.07, 6.45) is 2.40. The van der Waals surface area contributed by atoms with E-state index in [1.807, 2.05) is 24.3 Å². The molecule has 3 rings (SSSR count). The van der Waals surface area contributed by atoms with Gasteiger partial charge in [-0.2, -0.15) is 0 Å². The largest absolute Gasteiger partial charge is 0.496 e. The first-order valence-electron chi connectivity index (χ1n) is 8.48. The molecule has 0 saturated heterocycles. The summed E-state index contributed by atoms with van der Waals surface area (Å²) in [5, 5.41) is 3.27. The van der Waals surface area contributed by atoms with Crippen LogP contribution in [0.3, 0.4) is 0 Å². The number of rotatable bonds is 8. The van der Waals surface area contributed by atoms with E-state index in [2.05, 4.69) is 15.0 Å². The van der Waals surface area contributed by atoms with Crippen LogP contribution in [0.5, 0.6) is 5.75 Å². The number of methoxy groups -OCH3 is 1. The highest BCUT2D eigenvalue weighted by Crippen LogP contribution is 2.19. The summed E-state index contributed by atoms with van der Waals surface area (Å²) >= 11 is 0. The third-order valence-corrected chi connectivity index (χ3v) is 5.34. The smallest absolute Gasteiger partial charge is 0.263 e. The van der Waals surface area contributed by atoms with Gasteiger partial charge in [-0.1, -0.05) is 36.4 Å². The van der Waals surface area contributed by atoms with Crippen LogP contribution in [0, 0.1) is 0 Å². The second-order valence-corrected chi connectivity index (χ2v) is 7.52. The fraction of sp³-hybridized carbons (Fsp3) is 0.150. The third kappa shape index (κ3) is 4.98. The van der Waals surface area contributed by atoms with Crippen molar-refractivity contribution in [1.29, 1.82) is 0 Å². The summed E-state index contributed by atoms with van der Waals surface area (Å²) in [6.45, 7) is 0.705. The fourth-order valence-electron chi connectivity index (χ4n) is 2.61. The molecule has 0 aliphatic carbocycles. The Morgan fingerprint density at radius 3 is 2.41 bits per heavy atom. The normalized spacial score (nSPS) is 11.0. The fourth-order valence-corrected chi connectivity index (χ4v) is 3.64. The van der Waals surface area contributed by atoms with Crippen LogP contribution in [0.4, 0.5) is 11.5 Å². The van der Waals surface area contributed by atoms with Crippen molar-refractivity contribution in [1.82, 2.24) is 4.98 Å². The van der Waals surface area contributed by atoms with E-state index in [1.165, 1.54) is 12.1 Å². The Morgan fingerprint density at radius 1 is 0.963 bits per heavy atom. The lowest BCUT2D eigenvalue weighted by atomic mass is 10.1. The predicted molar refractivity (Wildman–Crippen MR) is 107 cm³/mol. The Morgan fingerprint density at radius 2 is 1.70 bits per heavy atom. The number of pyridine rings is 1. The number of nitrogens with one attached hydrogen (secondary N) is 2. The van der Waals surface area contributed by atoms with Crippen molar-refractivity contribution in [2.75, 3.05) is 23.7 Å². The van der Waals surface area contributed by atoms with E-state index in [1.54, 1.807) is 43.6 Å². The Kier molecular flexibility index (Phi) is 5.93. The zero-order chi connectivity index (χ0) is 19.1. The van der Waals surface area contributed by atoms with Crippen LogP contribution in [-0.2, 0) is 16.4 Å². The first-order chi connectivity index (χ1) is 13.1. The lowest BCUT2D eigenvalue weighted by molar-refractivity contribution is 0.410. The standard InChI is InChI=1S/C20H21N3O3S/c1-26-19-10-6-5-7-16(19)13-14-21-17-11-12-20(22-15-17)23-27(24,25)18-8-3-2-4-9-18/h2-12,15,21H,13-14H2,1H3,(H,22,23). The number of aromatic nitrogens is 1. The molecule has 0 atom stereocenters. The zero-order valence-electron chi connectivity index (χ0n) is 14.9. The van der Waals surface area contributed by atoms with E-state index in [-0.39, 0.29) is 10.7 Å². The molecule has 3 aromatic rings. The molecule has 1 aromatic heterocycles. The van der Waals surface area contributed by atoms with Gasteiger partial charge in [0.05, 0.1) is 23.9 Å². The average Bonchev–Trinajstić information content (AvgIpc) is 2.70. The molecule has 27 heavy (non-hydrogen) atoms. The second kappa shape index (κ2) is 8.55. The summed E-state index contributed by atoms with van der Waals surface area (Å²) in [6, 6.07) is 19.5. The molecule has 0 bridgehead atoms. The van der Waals surface area contributed by atoms with Crippen molar-refractivity contribution in [3.05, 3.63) is 78.5 Å². The molecular weight excluding hydrogens is 362 g/mol. The lowest BCUT2D eigenvalue weighted by Gasteiger charge is -2.11. The topological polar surface area (TPSA) is 80.3 Å². The maximum Gasteiger partial charge on any atom is 0.263 e. The number of hydrogen-bond donors (Lipinski definition) is 2. The maximum atomic E-state index is 12.3. The van der Waals surface area contributed by atoms with Gasteiger partial charge in [-0.15, -0.1) is 0 Å². The summed E-state index contributed by atoms with van der Waals surface area (Å²) in [5.41, 5.74) is 1.93. The van der Waals surface area contributed by atoms with Crippen molar-refractivity contribution < 1.29 is 13.2 Å². The van der Waals surface area contributed by atoms with Crippen molar-refractivity contribution >= 4 is 21.5 Å². The minimum atomic E-state index is -3.63. The van der Waals surface area contributed by atoms with Gasteiger partial charge in [0.25, 0.3) is 10.0 Å². The monoisotopic (exact) mass is 383 g/mol. The number of benzene rings is 2. The van der Waals surface area contributed by atoms with E-state index >= 15 is 0 Å². The van der Waals surface area contributed by atoms with Crippen LogP contribution in [0.15, 0.2) is 77.8 Å². The molecule has 0 amide bonds. The minimum Gasteiger partial charge on any atom is -0.496 e. The number of sulfonamides is 1. The van der Waals surface area contributed by atoms with Crippen LogP contribution < -0.4 is 14.8 Å². The molecule has 0 aliphatic rings. The van der Waals surface area contributed by atoms with Crippen LogP contribution in [0.2, 0.25) is 0 Å². The van der Waals surface area contributed by atoms with Gasteiger partial charge in [0.15, 0.2) is 0 Å². The Hall–Kier alpha value is -3.06. The first-order valence-corrected chi connectivity index (χ1v) is 9.96. The van der Waals surface area contributed by atoms with Gasteiger partial charge in [0.2, 0.25) is 0 Å². The number of hydrogen-bond acceptors (Lipinski definition) is 5. The first kappa shape index (κ1) is 18.7. The van der Waals surface area contributed by atoms with Crippen LogP contribution in [0.1, 0.15) is 5.56 Å². The molecule has 0 aliphatic heterocycles. The second-order valence-electron chi connectivity index (χ2n) is 5.84. The summed E-state index contributed by atoms with van der Waals surface area (Å²) in [4.78, 5) is 4.37. The lowest BCUT2D eigenvalue weighted by Crippen LogP contribution is -2.14. The van der Waals surface area contributed by atoms with Crippen molar-refractivity contribution in [3.63, 3.8) is 0 Å². The molecule has 2 aromatic carbocycles. The Balaban J connectivity index is 1.57. The molecule has 7 heteroatoms. The highest BCUT2D eigenvalue weighted by molar-refractivity contribution is 7.92. The molecule has 0 spiro atoms. The molecule has 0 radical (unpaired) electrons. The van der Waals surface area contributed by atoms with Gasteiger partial charge >= 0.3 is 0 Å². The number of anilines is 2. The van der Waals surface area contributed by atoms with Gasteiger partial charge in [-0.05, 0) is 42.3 Å². The molecule has 2 N–H and O–H groups in total. The van der Waals surface area contributed by atoms with Crippen molar-refractivity contribution in [2.24, 2.45) is 0 Å². The quantitative estimate of drug-likeness (QED) is 0.622. The Bertz CT molecular complexity index is 975. The van der Waals surface area contributed by atoms with Crippen molar-refractivity contribution in [2.45, 2.75) is 11.3 Å². The van der Waals surface area contributed by atoms with E-state index in [0.29, 0.717) is 6.54 Å². The van der Waals surface area contributed by atoms with E-state index in [4.69, 9.17) is 4.74 Å². The Labute approximate surface area is 159 Å². The number of ether oxygens (including phenoxy) is 1. The molecule has 0 fully saturated rings. The van der Waals surface area contributed by atoms with E-state index < -0.39 is 10.0 Å². The van der Waals surface area contributed by atoms with Gasteiger partial charge < -0.3 is 10.1 Å². The molecule has 1 heterocycles. The number of para-hydroxylation sites is 1. The molecule has 0 saturated carbocycles. The highest BCUT2D eigenvalue weighted by atomic mass is 32.2. The van der Waals surface area contributed by atoms with Crippen LogP contribution >= 0.6 is 0 Å².